The van der Waals surface area contributed by atoms with Crippen molar-refractivity contribution in [3.63, 3.8) is 0 Å². The molecule has 5 heteroatoms. The van der Waals surface area contributed by atoms with Gasteiger partial charge < -0.3 is 14.9 Å². The van der Waals surface area contributed by atoms with Crippen LogP contribution in [0.25, 0.3) is 0 Å². The highest BCUT2D eigenvalue weighted by molar-refractivity contribution is 5.87. The number of likely N-dealkylation sites (tertiary alicyclic amines) is 2. The molecule has 0 aromatic rings. The van der Waals surface area contributed by atoms with E-state index in [2.05, 4.69) is 0 Å². The lowest BCUT2D eigenvalue weighted by atomic mass is 10.1. The molecule has 2 rings (SSSR count). The van der Waals surface area contributed by atoms with E-state index in [1.54, 1.807) is 16.7 Å². The van der Waals surface area contributed by atoms with Gasteiger partial charge in [-0.3, -0.25) is 9.59 Å². The van der Waals surface area contributed by atoms with Gasteiger partial charge in [0.2, 0.25) is 11.8 Å². The van der Waals surface area contributed by atoms with E-state index in [0.29, 0.717) is 26.1 Å². The molecule has 0 saturated carbocycles. The molecule has 2 aliphatic heterocycles. The van der Waals surface area contributed by atoms with Gasteiger partial charge >= 0.3 is 0 Å². The molecule has 0 radical (unpaired) electrons. The first-order valence-corrected chi connectivity index (χ1v) is 6.19. The summed E-state index contributed by atoms with van der Waals surface area (Å²) in [5.41, 5.74) is -0.769. The summed E-state index contributed by atoms with van der Waals surface area (Å²) in [6, 6.07) is -0.304. The fourth-order valence-corrected chi connectivity index (χ4v) is 2.74. The fourth-order valence-electron chi connectivity index (χ4n) is 2.74. The molecule has 96 valence electrons. The number of carbonyl (C=O) groups is 2. The van der Waals surface area contributed by atoms with E-state index in [1.807, 2.05) is 0 Å². The number of amides is 2. The van der Waals surface area contributed by atoms with Crippen molar-refractivity contribution >= 4 is 11.8 Å². The van der Waals surface area contributed by atoms with Crippen molar-refractivity contribution in [1.29, 1.82) is 0 Å². The minimum absolute atomic E-state index is 0.00419. The molecule has 2 saturated heterocycles. The highest BCUT2D eigenvalue weighted by atomic mass is 16.3. The van der Waals surface area contributed by atoms with Crippen LogP contribution in [0.15, 0.2) is 0 Å². The zero-order chi connectivity index (χ0) is 12.6. The van der Waals surface area contributed by atoms with Crippen molar-refractivity contribution in [3.05, 3.63) is 0 Å². The number of aliphatic hydroxyl groups is 1. The van der Waals surface area contributed by atoms with Crippen LogP contribution in [-0.4, -0.2) is 58.0 Å². The Hall–Kier alpha value is -1.10. The molecule has 2 heterocycles. The summed E-state index contributed by atoms with van der Waals surface area (Å²) in [4.78, 5) is 27.0. The molecule has 0 spiro atoms. The Labute approximate surface area is 101 Å². The Bertz CT molecular complexity index is 341. The lowest BCUT2D eigenvalue weighted by Crippen LogP contribution is -2.47. The largest absolute Gasteiger partial charge is 0.388 e. The molecule has 1 N–H and O–H groups in total. The predicted molar refractivity (Wildman–Crippen MR) is 62.2 cm³/mol. The van der Waals surface area contributed by atoms with Gasteiger partial charge in [0.1, 0.15) is 6.04 Å². The topological polar surface area (TPSA) is 60.9 Å². The van der Waals surface area contributed by atoms with Crippen molar-refractivity contribution < 1.29 is 14.7 Å². The van der Waals surface area contributed by atoms with Gasteiger partial charge in [-0.15, -0.1) is 0 Å². The predicted octanol–water partition coefficient (Wildman–Crippen LogP) is -0.0194. The third-order valence-corrected chi connectivity index (χ3v) is 3.71. The molecule has 0 bridgehead atoms. The first-order chi connectivity index (χ1) is 7.91. The normalized spacial score (nSPS) is 33.2. The second-order valence-electron chi connectivity index (χ2n) is 5.38. The molecule has 17 heavy (non-hydrogen) atoms. The Morgan fingerprint density at radius 2 is 2.06 bits per heavy atom. The van der Waals surface area contributed by atoms with E-state index in [-0.39, 0.29) is 17.9 Å². The van der Waals surface area contributed by atoms with E-state index in [0.717, 1.165) is 12.8 Å². The average molecular weight is 240 g/mol. The van der Waals surface area contributed by atoms with Crippen LogP contribution in [0.4, 0.5) is 0 Å². The van der Waals surface area contributed by atoms with Crippen LogP contribution in [0, 0.1) is 0 Å². The molecule has 2 amide bonds. The lowest BCUT2D eigenvalue weighted by Gasteiger charge is -2.27. The Balaban J connectivity index is 2.03. The number of hydrogen-bond donors (Lipinski definition) is 1. The van der Waals surface area contributed by atoms with Crippen molar-refractivity contribution in [2.24, 2.45) is 0 Å². The number of carbonyl (C=O) groups excluding carboxylic acids is 2. The molecule has 2 aliphatic rings. The maximum atomic E-state index is 12.3. The highest BCUT2D eigenvalue weighted by Crippen LogP contribution is 2.25. The quantitative estimate of drug-likeness (QED) is 0.700. The van der Waals surface area contributed by atoms with Crippen molar-refractivity contribution in [1.82, 2.24) is 9.80 Å². The number of nitrogens with zero attached hydrogens (tertiary/aromatic N) is 2. The summed E-state index contributed by atoms with van der Waals surface area (Å²) in [5, 5.41) is 9.86. The third-order valence-electron chi connectivity index (χ3n) is 3.71. The van der Waals surface area contributed by atoms with Gasteiger partial charge in [0.05, 0.1) is 5.60 Å². The van der Waals surface area contributed by atoms with Gasteiger partial charge in [-0.05, 0) is 26.2 Å². The molecule has 0 aromatic heterocycles. The summed E-state index contributed by atoms with van der Waals surface area (Å²) in [5.74, 6) is -0.0396. The molecular formula is C12H20N2O3. The number of hydrogen-bond acceptors (Lipinski definition) is 3. The maximum absolute atomic E-state index is 12.3. The van der Waals surface area contributed by atoms with Crippen LogP contribution in [0.5, 0.6) is 0 Å². The number of β-amino-alcohol motifs (C(OH)–C–C–N with tert-alkyl or cyclic N) is 1. The van der Waals surface area contributed by atoms with Crippen LogP contribution in [-0.2, 0) is 9.59 Å². The van der Waals surface area contributed by atoms with E-state index >= 15 is 0 Å². The molecule has 2 unspecified atom stereocenters. The standard InChI is InChI=1S/C12H20N2O3/c1-9(15)14-6-3-4-10(14)11(16)13-7-5-12(2,17)8-13/h10,17H,3-8H2,1-2H3. The minimum Gasteiger partial charge on any atom is -0.388 e. The van der Waals surface area contributed by atoms with E-state index in [1.165, 1.54) is 6.92 Å². The fraction of sp³-hybridized carbons (Fsp3) is 0.833. The van der Waals surface area contributed by atoms with Crippen molar-refractivity contribution in [3.8, 4) is 0 Å². The maximum Gasteiger partial charge on any atom is 0.245 e. The second-order valence-corrected chi connectivity index (χ2v) is 5.38. The van der Waals surface area contributed by atoms with Crippen LogP contribution >= 0.6 is 0 Å². The highest BCUT2D eigenvalue weighted by Gasteiger charge is 2.40. The summed E-state index contributed by atoms with van der Waals surface area (Å²) >= 11 is 0. The smallest absolute Gasteiger partial charge is 0.245 e. The Morgan fingerprint density at radius 1 is 1.35 bits per heavy atom. The van der Waals surface area contributed by atoms with Gasteiger partial charge in [0, 0.05) is 26.6 Å². The van der Waals surface area contributed by atoms with Gasteiger partial charge in [-0.2, -0.15) is 0 Å². The van der Waals surface area contributed by atoms with Crippen LogP contribution in [0.3, 0.4) is 0 Å². The van der Waals surface area contributed by atoms with Gasteiger partial charge in [0.25, 0.3) is 0 Å². The number of rotatable bonds is 1. The van der Waals surface area contributed by atoms with Gasteiger partial charge in [0.15, 0.2) is 0 Å². The second kappa shape index (κ2) is 4.29. The molecule has 0 aliphatic carbocycles. The summed E-state index contributed by atoms with van der Waals surface area (Å²) < 4.78 is 0. The van der Waals surface area contributed by atoms with Crippen LogP contribution in [0.1, 0.15) is 33.1 Å². The SMILES string of the molecule is CC(=O)N1CCCC1C(=O)N1CCC(C)(O)C1. The van der Waals surface area contributed by atoms with E-state index in [4.69, 9.17) is 0 Å². The third kappa shape index (κ3) is 2.44. The van der Waals surface area contributed by atoms with Crippen LogP contribution < -0.4 is 0 Å². The van der Waals surface area contributed by atoms with Gasteiger partial charge in [-0.25, -0.2) is 0 Å². The van der Waals surface area contributed by atoms with E-state index in [9.17, 15) is 14.7 Å². The first-order valence-electron chi connectivity index (χ1n) is 6.19. The van der Waals surface area contributed by atoms with Crippen LogP contribution in [0.2, 0.25) is 0 Å². The Kier molecular flexibility index (Phi) is 3.12. The van der Waals surface area contributed by atoms with E-state index < -0.39 is 5.60 Å². The Morgan fingerprint density at radius 3 is 2.59 bits per heavy atom. The average Bonchev–Trinajstić information content (AvgIpc) is 2.82. The van der Waals surface area contributed by atoms with Crippen molar-refractivity contribution in [2.75, 3.05) is 19.6 Å². The monoisotopic (exact) mass is 240 g/mol. The first kappa shape index (κ1) is 12.4. The molecular weight excluding hydrogens is 220 g/mol. The minimum atomic E-state index is -0.769. The zero-order valence-electron chi connectivity index (χ0n) is 10.5. The molecule has 2 atom stereocenters. The van der Waals surface area contributed by atoms with Crippen molar-refractivity contribution in [2.45, 2.75) is 44.8 Å². The molecule has 5 nitrogen and oxygen atoms in total. The summed E-state index contributed by atoms with van der Waals surface area (Å²) in [6.45, 7) is 4.90. The molecule has 0 aromatic carbocycles. The van der Waals surface area contributed by atoms with Gasteiger partial charge in [-0.1, -0.05) is 0 Å². The lowest BCUT2D eigenvalue weighted by molar-refractivity contribution is -0.142. The molecule has 2 fully saturated rings. The summed E-state index contributed by atoms with van der Waals surface area (Å²) in [7, 11) is 0. The zero-order valence-corrected chi connectivity index (χ0v) is 10.5. The summed E-state index contributed by atoms with van der Waals surface area (Å²) in [6.07, 6.45) is 2.25.